The van der Waals surface area contributed by atoms with Gasteiger partial charge in [-0.15, -0.1) is 6.58 Å². The number of aliphatic hydroxyl groups is 1. The summed E-state index contributed by atoms with van der Waals surface area (Å²) in [7, 11) is 0. The van der Waals surface area contributed by atoms with Gasteiger partial charge in [-0.1, -0.05) is 121 Å². The highest BCUT2D eigenvalue weighted by Crippen LogP contribution is 2.21. The van der Waals surface area contributed by atoms with Gasteiger partial charge in [0.15, 0.2) is 5.78 Å². The summed E-state index contributed by atoms with van der Waals surface area (Å²) in [6, 6.07) is 33.4. The number of carbonyl (C=O) groups is 3. The molecule has 0 fully saturated rings. The third-order valence-corrected chi connectivity index (χ3v) is 5.29. The summed E-state index contributed by atoms with van der Waals surface area (Å²) in [5.41, 5.74) is 2.91. The van der Waals surface area contributed by atoms with Crippen LogP contribution in [0.25, 0.3) is 0 Å². The maximum absolute atomic E-state index is 12.4. The molecule has 0 saturated carbocycles. The lowest BCUT2D eigenvalue weighted by Crippen LogP contribution is -2.14. The molecule has 0 saturated heterocycles. The molecule has 4 aromatic carbocycles. The van der Waals surface area contributed by atoms with E-state index in [4.69, 9.17) is 0 Å². The summed E-state index contributed by atoms with van der Waals surface area (Å²) in [6.07, 6.45) is 1.25. The van der Waals surface area contributed by atoms with Crippen LogP contribution < -0.4 is 0 Å². The fraction of sp³-hybridized carbons (Fsp3) is 0.0645. The van der Waals surface area contributed by atoms with Crippen molar-refractivity contribution < 1.29 is 19.5 Å². The summed E-state index contributed by atoms with van der Waals surface area (Å²) >= 11 is 0. The third kappa shape index (κ3) is 6.79. The van der Waals surface area contributed by atoms with Crippen LogP contribution in [0.5, 0.6) is 0 Å². The largest absolute Gasteiger partial charge is 0.380 e. The van der Waals surface area contributed by atoms with Gasteiger partial charge in [-0.2, -0.15) is 0 Å². The first kappa shape index (κ1) is 25.2. The van der Waals surface area contributed by atoms with E-state index in [1.165, 1.54) is 0 Å². The quantitative estimate of drug-likeness (QED) is 0.196. The maximum atomic E-state index is 12.4. The second kappa shape index (κ2) is 12.7. The van der Waals surface area contributed by atoms with E-state index < -0.39 is 17.7 Å². The standard InChI is InChI=1S/C17H16O2.C14H10O2/c1-2-8-13-9-6-7-12-15(13)17(19)16(18)14-10-4-3-5-11-14;15-13(11-7-3-1-4-8-11)14(16)12-9-5-2-6-10-12/h2-7,9-12,16,18H,1,8H2;1-10H. The number of benzene rings is 4. The van der Waals surface area contributed by atoms with Crippen LogP contribution in [0, 0.1) is 0 Å². The second-order valence-corrected chi connectivity index (χ2v) is 7.72. The summed E-state index contributed by atoms with van der Waals surface area (Å²) in [4.78, 5) is 35.9. The summed E-state index contributed by atoms with van der Waals surface area (Å²) in [5, 5.41) is 10.2. The number of Topliss-reactive ketones (excluding diaryl/α,β-unsaturated/α-hetero) is 3. The monoisotopic (exact) mass is 462 g/mol. The summed E-state index contributed by atoms with van der Waals surface area (Å²) in [5.74, 6) is -1.21. The van der Waals surface area contributed by atoms with Crippen LogP contribution in [-0.4, -0.2) is 22.5 Å². The van der Waals surface area contributed by atoms with Gasteiger partial charge in [-0.3, -0.25) is 14.4 Å². The van der Waals surface area contributed by atoms with Crippen molar-refractivity contribution in [2.45, 2.75) is 12.5 Å². The third-order valence-electron chi connectivity index (χ3n) is 5.29. The van der Waals surface area contributed by atoms with E-state index in [-0.39, 0.29) is 5.78 Å². The van der Waals surface area contributed by atoms with E-state index in [1.54, 1.807) is 78.9 Å². The van der Waals surface area contributed by atoms with Crippen molar-refractivity contribution in [2.24, 2.45) is 0 Å². The van der Waals surface area contributed by atoms with Crippen LogP contribution in [-0.2, 0) is 6.42 Å². The molecule has 1 unspecified atom stereocenters. The number of ketones is 3. The molecule has 0 aromatic heterocycles. The van der Waals surface area contributed by atoms with Crippen LogP contribution in [0.15, 0.2) is 128 Å². The molecular formula is C31H26O4. The molecule has 4 nitrogen and oxygen atoms in total. The Morgan fingerprint density at radius 3 is 1.57 bits per heavy atom. The molecule has 0 aliphatic heterocycles. The first-order valence-corrected chi connectivity index (χ1v) is 11.2. The Morgan fingerprint density at radius 1 is 0.657 bits per heavy atom. The molecular weight excluding hydrogens is 436 g/mol. The molecule has 174 valence electrons. The predicted octanol–water partition coefficient (Wildman–Crippen LogP) is 6.08. The Balaban J connectivity index is 0.000000198. The topological polar surface area (TPSA) is 71.4 Å². The normalized spacial score (nSPS) is 10.9. The van der Waals surface area contributed by atoms with Gasteiger partial charge in [0.05, 0.1) is 0 Å². The van der Waals surface area contributed by atoms with Crippen LogP contribution in [0.3, 0.4) is 0 Å². The van der Waals surface area contributed by atoms with Gasteiger partial charge in [0.2, 0.25) is 11.6 Å². The minimum absolute atomic E-state index is 0.274. The van der Waals surface area contributed by atoms with E-state index in [9.17, 15) is 19.5 Å². The Bertz CT molecular complexity index is 1230. The smallest absolute Gasteiger partial charge is 0.233 e. The minimum atomic E-state index is -1.12. The lowest BCUT2D eigenvalue weighted by atomic mass is 9.95. The molecule has 0 amide bonds. The molecule has 0 aliphatic carbocycles. The molecule has 4 aromatic rings. The van der Waals surface area contributed by atoms with Crippen LogP contribution in [0.4, 0.5) is 0 Å². The average molecular weight is 463 g/mol. The van der Waals surface area contributed by atoms with Crippen molar-refractivity contribution in [2.75, 3.05) is 0 Å². The number of hydrogen-bond donors (Lipinski definition) is 1. The number of hydrogen-bond acceptors (Lipinski definition) is 4. The van der Waals surface area contributed by atoms with E-state index in [0.29, 0.717) is 28.7 Å². The number of allylic oxidation sites excluding steroid dienone is 1. The molecule has 35 heavy (non-hydrogen) atoms. The molecule has 0 radical (unpaired) electrons. The highest BCUT2D eigenvalue weighted by molar-refractivity contribution is 6.49. The van der Waals surface area contributed by atoms with Crippen molar-refractivity contribution >= 4 is 17.3 Å². The van der Waals surface area contributed by atoms with Crippen molar-refractivity contribution in [3.8, 4) is 0 Å². The van der Waals surface area contributed by atoms with Crippen molar-refractivity contribution in [1.29, 1.82) is 0 Å². The predicted molar refractivity (Wildman–Crippen MR) is 138 cm³/mol. The van der Waals surface area contributed by atoms with Gasteiger partial charge in [-0.25, -0.2) is 0 Å². The van der Waals surface area contributed by atoms with Crippen molar-refractivity contribution in [1.82, 2.24) is 0 Å². The van der Waals surface area contributed by atoms with Crippen LogP contribution in [0.1, 0.15) is 48.3 Å². The number of rotatable bonds is 8. The molecule has 0 spiro atoms. The van der Waals surface area contributed by atoms with E-state index in [1.807, 2.05) is 42.5 Å². The SMILES string of the molecule is C=CCc1ccccc1C(=O)C(O)c1ccccc1.O=C(C(=O)c1ccccc1)c1ccccc1. The lowest BCUT2D eigenvalue weighted by Gasteiger charge is -2.12. The second-order valence-electron chi connectivity index (χ2n) is 7.72. The first-order chi connectivity index (χ1) is 17.0. The number of carbonyl (C=O) groups excluding carboxylic acids is 3. The fourth-order valence-corrected chi connectivity index (χ4v) is 3.47. The molecule has 0 bridgehead atoms. The molecule has 0 aliphatic rings. The lowest BCUT2D eigenvalue weighted by molar-refractivity contribution is 0.0746. The fourth-order valence-electron chi connectivity index (χ4n) is 3.47. The molecule has 4 heteroatoms. The minimum Gasteiger partial charge on any atom is -0.380 e. The average Bonchev–Trinajstić information content (AvgIpc) is 2.94. The van der Waals surface area contributed by atoms with Gasteiger partial charge in [0, 0.05) is 16.7 Å². The highest BCUT2D eigenvalue weighted by Gasteiger charge is 2.21. The van der Waals surface area contributed by atoms with Crippen molar-refractivity contribution in [3.05, 3.63) is 156 Å². The van der Waals surface area contributed by atoms with Gasteiger partial charge in [0.1, 0.15) is 6.10 Å². The number of aliphatic hydroxyl groups excluding tert-OH is 1. The maximum Gasteiger partial charge on any atom is 0.233 e. The molecule has 1 N–H and O–H groups in total. The zero-order valence-electron chi connectivity index (χ0n) is 19.2. The van der Waals surface area contributed by atoms with Crippen LogP contribution in [0.2, 0.25) is 0 Å². The summed E-state index contributed by atoms with van der Waals surface area (Å²) in [6.45, 7) is 3.69. The molecule has 1 atom stereocenters. The molecule has 4 rings (SSSR count). The van der Waals surface area contributed by atoms with E-state index in [2.05, 4.69) is 6.58 Å². The zero-order chi connectivity index (χ0) is 25.0. The highest BCUT2D eigenvalue weighted by atomic mass is 16.3. The Kier molecular flexibility index (Phi) is 9.17. The zero-order valence-corrected chi connectivity index (χ0v) is 19.2. The Hall–Kier alpha value is -4.41. The van der Waals surface area contributed by atoms with Gasteiger partial charge in [0.25, 0.3) is 0 Å². The van der Waals surface area contributed by atoms with Gasteiger partial charge < -0.3 is 5.11 Å². The Labute approximate surface area is 205 Å². The molecule has 0 heterocycles. The first-order valence-electron chi connectivity index (χ1n) is 11.2. The summed E-state index contributed by atoms with van der Waals surface area (Å²) < 4.78 is 0. The van der Waals surface area contributed by atoms with Gasteiger partial charge >= 0.3 is 0 Å². The van der Waals surface area contributed by atoms with E-state index >= 15 is 0 Å². The van der Waals surface area contributed by atoms with Gasteiger partial charge in [-0.05, 0) is 17.5 Å². The van der Waals surface area contributed by atoms with Crippen molar-refractivity contribution in [3.63, 3.8) is 0 Å². The Morgan fingerprint density at radius 2 is 1.09 bits per heavy atom. The van der Waals surface area contributed by atoms with Crippen LogP contribution >= 0.6 is 0 Å². The van der Waals surface area contributed by atoms with E-state index in [0.717, 1.165) is 5.56 Å².